The Morgan fingerprint density at radius 1 is 1.07 bits per heavy atom. The van der Waals surface area contributed by atoms with Gasteiger partial charge in [-0.3, -0.25) is 9.78 Å². The number of morpholine rings is 1. The van der Waals surface area contributed by atoms with Crippen molar-refractivity contribution in [3.63, 3.8) is 0 Å². The van der Waals surface area contributed by atoms with Gasteiger partial charge in [0.25, 0.3) is 5.91 Å². The second-order valence-electron chi connectivity index (χ2n) is 6.67. The van der Waals surface area contributed by atoms with E-state index < -0.39 is 10.0 Å². The molecule has 0 atom stereocenters. The summed E-state index contributed by atoms with van der Waals surface area (Å²) in [6.07, 6.45) is 3.89. The van der Waals surface area contributed by atoms with Crippen LogP contribution in [0.2, 0.25) is 0 Å². The fourth-order valence-electron chi connectivity index (χ4n) is 3.48. The molecule has 0 spiro atoms. The first-order valence-corrected chi connectivity index (χ1v) is 10.4. The summed E-state index contributed by atoms with van der Waals surface area (Å²) < 4.78 is 32.5. The first kappa shape index (κ1) is 18.1. The Morgan fingerprint density at radius 3 is 2.63 bits per heavy atom. The number of benzene rings is 1. The Balaban J connectivity index is 1.58. The van der Waals surface area contributed by atoms with Gasteiger partial charge in [-0.05, 0) is 41.8 Å². The molecule has 0 N–H and O–H groups in total. The Labute approximate surface area is 158 Å². The summed E-state index contributed by atoms with van der Waals surface area (Å²) in [5, 5.41) is 0. The number of nitrogens with zero attached hydrogens (tertiary/aromatic N) is 3. The van der Waals surface area contributed by atoms with Crippen molar-refractivity contribution in [3.8, 4) is 0 Å². The zero-order valence-electron chi connectivity index (χ0n) is 14.9. The Bertz CT molecular complexity index is 941. The maximum Gasteiger partial charge on any atom is 0.255 e. The molecule has 0 radical (unpaired) electrons. The Hall–Kier alpha value is -2.29. The quantitative estimate of drug-likeness (QED) is 0.793. The molecule has 0 saturated carbocycles. The van der Waals surface area contributed by atoms with Crippen molar-refractivity contribution >= 4 is 15.9 Å². The number of aromatic nitrogens is 1. The van der Waals surface area contributed by atoms with Gasteiger partial charge in [0, 0.05) is 38.6 Å². The second kappa shape index (κ2) is 7.38. The average molecular weight is 387 g/mol. The Morgan fingerprint density at radius 2 is 1.89 bits per heavy atom. The van der Waals surface area contributed by atoms with Crippen molar-refractivity contribution in [3.05, 3.63) is 59.4 Å². The van der Waals surface area contributed by atoms with Crippen molar-refractivity contribution in [2.75, 3.05) is 32.8 Å². The summed E-state index contributed by atoms with van der Waals surface area (Å²) in [4.78, 5) is 18.7. The summed E-state index contributed by atoms with van der Waals surface area (Å²) in [7, 11) is -3.55. The normalized spacial score (nSPS) is 18.1. The lowest BCUT2D eigenvalue weighted by Gasteiger charge is -2.30. The number of hydrogen-bond donors (Lipinski definition) is 0. The van der Waals surface area contributed by atoms with Crippen LogP contribution in [0.15, 0.2) is 47.6 Å². The van der Waals surface area contributed by atoms with E-state index in [9.17, 15) is 13.2 Å². The highest BCUT2D eigenvalue weighted by Crippen LogP contribution is 2.25. The van der Waals surface area contributed by atoms with Gasteiger partial charge in [-0.1, -0.05) is 6.07 Å². The topological polar surface area (TPSA) is 79.8 Å². The van der Waals surface area contributed by atoms with Gasteiger partial charge < -0.3 is 9.64 Å². The molecule has 2 aliphatic heterocycles. The molecule has 0 aliphatic carbocycles. The largest absolute Gasteiger partial charge is 0.379 e. The van der Waals surface area contributed by atoms with Crippen LogP contribution in [0.1, 0.15) is 21.5 Å². The van der Waals surface area contributed by atoms with Gasteiger partial charge in [0.05, 0.1) is 23.7 Å². The minimum Gasteiger partial charge on any atom is -0.379 e. The van der Waals surface area contributed by atoms with Gasteiger partial charge >= 0.3 is 0 Å². The lowest BCUT2D eigenvalue weighted by atomic mass is 9.99. The second-order valence-corrected chi connectivity index (χ2v) is 8.60. The molecular weight excluding hydrogens is 366 g/mol. The van der Waals surface area contributed by atoms with Crippen LogP contribution in [0.25, 0.3) is 0 Å². The van der Waals surface area contributed by atoms with Crippen molar-refractivity contribution in [1.29, 1.82) is 0 Å². The highest BCUT2D eigenvalue weighted by Gasteiger charge is 2.28. The molecule has 0 unspecified atom stereocenters. The zero-order valence-corrected chi connectivity index (χ0v) is 15.7. The predicted octanol–water partition coefficient (Wildman–Crippen LogP) is 1.30. The van der Waals surface area contributed by atoms with Crippen molar-refractivity contribution in [2.24, 2.45) is 0 Å². The van der Waals surface area contributed by atoms with Crippen molar-refractivity contribution in [2.45, 2.75) is 17.9 Å². The van der Waals surface area contributed by atoms with Gasteiger partial charge in [0.15, 0.2) is 0 Å². The van der Waals surface area contributed by atoms with E-state index in [1.807, 2.05) is 6.07 Å². The smallest absolute Gasteiger partial charge is 0.255 e. The molecule has 3 heterocycles. The third-order valence-corrected chi connectivity index (χ3v) is 6.89. The molecule has 4 rings (SSSR count). The predicted molar refractivity (Wildman–Crippen MR) is 98.7 cm³/mol. The molecule has 1 fully saturated rings. The zero-order chi connectivity index (χ0) is 18.9. The monoisotopic (exact) mass is 387 g/mol. The van der Waals surface area contributed by atoms with E-state index in [1.54, 1.807) is 41.6 Å². The van der Waals surface area contributed by atoms with E-state index in [0.29, 0.717) is 51.4 Å². The highest BCUT2D eigenvalue weighted by atomic mass is 32.2. The van der Waals surface area contributed by atoms with Gasteiger partial charge in [-0.25, -0.2) is 8.42 Å². The van der Waals surface area contributed by atoms with E-state index in [-0.39, 0.29) is 10.8 Å². The maximum atomic E-state index is 12.9. The summed E-state index contributed by atoms with van der Waals surface area (Å²) >= 11 is 0. The van der Waals surface area contributed by atoms with Gasteiger partial charge in [0.1, 0.15) is 0 Å². The van der Waals surface area contributed by atoms with Gasteiger partial charge in [-0.2, -0.15) is 4.31 Å². The first-order valence-electron chi connectivity index (χ1n) is 8.95. The van der Waals surface area contributed by atoms with Crippen LogP contribution < -0.4 is 0 Å². The number of fused-ring (bicyclic) bond motifs is 1. The lowest BCUT2D eigenvalue weighted by molar-refractivity contribution is 0.0728. The third kappa shape index (κ3) is 3.60. The molecule has 0 bridgehead atoms. The van der Waals surface area contributed by atoms with Crippen molar-refractivity contribution < 1.29 is 17.9 Å². The molecule has 2 aliphatic rings. The van der Waals surface area contributed by atoms with Crippen LogP contribution in [0, 0.1) is 0 Å². The number of ether oxygens (including phenoxy) is 1. The molecule has 7 nitrogen and oxygen atoms in total. The van der Waals surface area contributed by atoms with E-state index >= 15 is 0 Å². The molecule has 1 saturated heterocycles. The van der Waals surface area contributed by atoms with Crippen LogP contribution in [-0.4, -0.2) is 61.4 Å². The first-order chi connectivity index (χ1) is 13.1. The molecule has 8 heteroatoms. The minimum atomic E-state index is -3.55. The number of carbonyl (C=O) groups excluding carboxylic acids is 1. The SMILES string of the molecule is O=C(c1cccnc1)N1CCc2ccc(S(=O)(=O)N3CCOCC3)cc2C1. The molecule has 1 amide bonds. The number of amides is 1. The minimum absolute atomic E-state index is 0.0878. The van der Waals surface area contributed by atoms with Crippen LogP contribution >= 0.6 is 0 Å². The average Bonchev–Trinajstić information content (AvgIpc) is 2.73. The van der Waals surface area contributed by atoms with E-state index in [1.165, 1.54) is 4.31 Å². The Kier molecular flexibility index (Phi) is 4.94. The fourth-order valence-corrected chi connectivity index (χ4v) is 4.93. The van der Waals surface area contributed by atoms with Crippen LogP contribution in [-0.2, 0) is 27.7 Å². The van der Waals surface area contributed by atoms with E-state index in [0.717, 1.165) is 11.1 Å². The van der Waals surface area contributed by atoms with Crippen LogP contribution in [0.5, 0.6) is 0 Å². The standard InChI is InChI=1S/C19H21N3O4S/c23-19(16-2-1-6-20-13-16)21-7-5-15-3-4-18(12-17(15)14-21)27(24,25)22-8-10-26-11-9-22/h1-4,6,12-13H,5,7-11,14H2. The number of carbonyl (C=O) groups is 1. The number of pyridine rings is 1. The van der Waals surface area contributed by atoms with Crippen molar-refractivity contribution in [1.82, 2.24) is 14.2 Å². The maximum absolute atomic E-state index is 12.9. The lowest BCUT2D eigenvalue weighted by Crippen LogP contribution is -2.41. The third-order valence-electron chi connectivity index (χ3n) is 4.99. The number of rotatable bonds is 3. The van der Waals surface area contributed by atoms with Gasteiger partial charge in [0.2, 0.25) is 10.0 Å². The summed E-state index contributed by atoms with van der Waals surface area (Å²) in [5.41, 5.74) is 2.51. The van der Waals surface area contributed by atoms with Crippen LogP contribution in [0.3, 0.4) is 0 Å². The number of sulfonamides is 1. The summed E-state index contributed by atoms with van der Waals surface area (Å²) in [6.45, 7) is 2.57. The van der Waals surface area contributed by atoms with Crippen LogP contribution in [0.4, 0.5) is 0 Å². The molecule has 1 aromatic carbocycles. The summed E-state index contributed by atoms with van der Waals surface area (Å²) in [6, 6.07) is 8.72. The molecule has 2 aromatic rings. The molecular formula is C19H21N3O4S. The van der Waals surface area contributed by atoms with E-state index in [4.69, 9.17) is 4.74 Å². The summed E-state index contributed by atoms with van der Waals surface area (Å²) in [5.74, 6) is -0.0878. The molecule has 142 valence electrons. The highest BCUT2D eigenvalue weighted by molar-refractivity contribution is 7.89. The van der Waals surface area contributed by atoms with Gasteiger partial charge in [-0.15, -0.1) is 0 Å². The molecule has 27 heavy (non-hydrogen) atoms. The number of hydrogen-bond acceptors (Lipinski definition) is 5. The fraction of sp³-hybridized carbons (Fsp3) is 0.368. The molecule has 1 aromatic heterocycles. The van der Waals surface area contributed by atoms with E-state index in [2.05, 4.69) is 4.98 Å².